The second kappa shape index (κ2) is 4.02. The molecule has 0 spiro atoms. The van der Waals surface area contributed by atoms with Crippen molar-refractivity contribution in [1.82, 2.24) is 15.3 Å². The molecule has 0 amide bonds. The van der Waals surface area contributed by atoms with Crippen molar-refractivity contribution >= 4 is 0 Å². The number of nitrogens with one attached hydrogen (secondary N) is 1. The van der Waals surface area contributed by atoms with Crippen LogP contribution >= 0.6 is 0 Å². The van der Waals surface area contributed by atoms with Crippen LogP contribution < -0.4 is 5.32 Å². The molecule has 16 heavy (non-hydrogen) atoms. The van der Waals surface area contributed by atoms with Crippen molar-refractivity contribution in [2.24, 2.45) is 0 Å². The van der Waals surface area contributed by atoms with Crippen LogP contribution in [0.25, 0.3) is 11.4 Å². The van der Waals surface area contributed by atoms with E-state index < -0.39 is 0 Å². The molecule has 80 valence electrons. The second-order valence-corrected chi connectivity index (χ2v) is 3.94. The summed E-state index contributed by atoms with van der Waals surface area (Å²) in [5.74, 6) is 0. The molecule has 0 radical (unpaired) electrons. The van der Waals surface area contributed by atoms with Crippen LogP contribution in [0.15, 0.2) is 36.7 Å². The Hall–Kier alpha value is -1.74. The van der Waals surface area contributed by atoms with E-state index in [1.807, 2.05) is 30.6 Å². The summed E-state index contributed by atoms with van der Waals surface area (Å²) in [6, 6.07) is 8.05. The summed E-state index contributed by atoms with van der Waals surface area (Å²) in [4.78, 5) is 8.85. The van der Waals surface area contributed by atoms with Crippen LogP contribution in [-0.4, -0.2) is 16.5 Å². The summed E-state index contributed by atoms with van der Waals surface area (Å²) in [6.45, 7) is 1.97. The largest absolute Gasteiger partial charge is 0.312 e. The minimum absolute atomic E-state index is 0.942. The van der Waals surface area contributed by atoms with Gasteiger partial charge in [-0.25, -0.2) is 0 Å². The minimum Gasteiger partial charge on any atom is -0.312 e. The first-order valence-electron chi connectivity index (χ1n) is 5.54. The Bertz CT molecular complexity index is 494. The third kappa shape index (κ3) is 1.59. The van der Waals surface area contributed by atoms with Gasteiger partial charge in [-0.1, -0.05) is 6.07 Å². The molecule has 1 aliphatic rings. The number of pyridine rings is 2. The molecule has 1 aliphatic heterocycles. The van der Waals surface area contributed by atoms with E-state index >= 15 is 0 Å². The van der Waals surface area contributed by atoms with E-state index in [2.05, 4.69) is 21.4 Å². The molecule has 0 saturated heterocycles. The molecular weight excluding hydrogens is 198 g/mol. The lowest BCUT2D eigenvalue weighted by molar-refractivity contribution is 0.642. The number of aromatic nitrogens is 2. The lowest BCUT2D eigenvalue weighted by atomic mass is 9.98. The van der Waals surface area contributed by atoms with Gasteiger partial charge in [0, 0.05) is 18.9 Å². The fourth-order valence-electron chi connectivity index (χ4n) is 2.14. The molecule has 3 nitrogen and oxygen atoms in total. The van der Waals surface area contributed by atoms with Crippen molar-refractivity contribution in [3.05, 3.63) is 47.8 Å². The van der Waals surface area contributed by atoms with Gasteiger partial charge in [0.25, 0.3) is 0 Å². The van der Waals surface area contributed by atoms with Gasteiger partial charge in [-0.2, -0.15) is 0 Å². The zero-order valence-corrected chi connectivity index (χ0v) is 8.98. The molecule has 0 unspecified atom stereocenters. The number of hydrogen-bond acceptors (Lipinski definition) is 3. The van der Waals surface area contributed by atoms with Crippen LogP contribution in [0.5, 0.6) is 0 Å². The van der Waals surface area contributed by atoms with Crippen molar-refractivity contribution in [3.63, 3.8) is 0 Å². The summed E-state index contributed by atoms with van der Waals surface area (Å²) < 4.78 is 0. The van der Waals surface area contributed by atoms with Gasteiger partial charge in [0.2, 0.25) is 0 Å². The van der Waals surface area contributed by atoms with Gasteiger partial charge in [-0.15, -0.1) is 0 Å². The van der Waals surface area contributed by atoms with E-state index in [0.29, 0.717) is 0 Å². The lowest BCUT2D eigenvalue weighted by Crippen LogP contribution is -2.24. The highest BCUT2D eigenvalue weighted by Gasteiger charge is 2.14. The molecule has 2 aromatic heterocycles. The molecule has 0 aliphatic carbocycles. The molecule has 3 heterocycles. The molecule has 0 atom stereocenters. The third-order valence-electron chi connectivity index (χ3n) is 2.93. The van der Waals surface area contributed by atoms with E-state index in [0.717, 1.165) is 30.9 Å². The van der Waals surface area contributed by atoms with E-state index in [1.165, 1.54) is 11.1 Å². The summed E-state index contributed by atoms with van der Waals surface area (Å²) in [7, 11) is 0. The molecule has 0 aromatic carbocycles. The predicted octanol–water partition coefficient (Wildman–Crippen LogP) is 1.79. The fraction of sp³-hybridized carbons (Fsp3) is 0.231. The van der Waals surface area contributed by atoms with Crippen molar-refractivity contribution in [2.45, 2.75) is 13.0 Å². The van der Waals surface area contributed by atoms with Crippen LogP contribution in [0.3, 0.4) is 0 Å². The molecule has 0 fully saturated rings. The number of rotatable bonds is 1. The van der Waals surface area contributed by atoms with E-state index in [-0.39, 0.29) is 0 Å². The molecular formula is C13H13N3. The van der Waals surface area contributed by atoms with Crippen molar-refractivity contribution in [2.75, 3.05) is 6.54 Å². The van der Waals surface area contributed by atoms with E-state index in [1.54, 1.807) is 0 Å². The topological polar surface area (TPSA) is 37.8 Å². The van der Waals surface area contributed by atoms with Crippen LogP contribution in [0.4, 0.5) is 0 Å². The standard InChI is InChI=1S/C13H13N3/c1-2-6-15-12(3-1)13-11-5-7-14-9-10(11)4-8-16-13/h1-4,6,8,14H,5,7,9H2. The fourth-order valence-corrected chi connectivity index (χ4v) is 2.14. The van der Waals surface area contributed by atoms with Gasteiger partial charge < -0.3 is 5.32 Å². The average molecular weight is 211 g/mol. The van der Waals surface area contributed by atoms with Crippen LogP contribution in [0.2, 0.25) is 0 Å². The Kier molecular flexibility index (Phi) is 2.38. The third-order valence-corrected chi connectivity index (χ3v) is 2.93. The molecule has 0 saturated carbocycles. The summed E-state index contributed by atoms with van der Waals surface area (Å²) in [6.07, 6.45) is 4.72. The van der Waals surface area contributed by atoms with Gasteiger partial charge in [-0.3, -0.25) is 9.97 Å². The van der Waals surface area contributed by atoms with Crippen molar-refractivity contribution in [1.29, 1.82) is 0 Å². The Labute approximate surface area is 94.6 Å². The zero-order valence-electron chi connectivity index (χ0n) is 8.98. The number of fused-ring (bicyclic) bond motifs is 1. The lowest BCUT2D eigenvalue weighted by Gasteiger charge is -2.19. The van der Waals surface area contributed by atoms with Gasteiger partial charge in [0.1, 0.15) is 0 Å². The maximum atomic E-state index is 4.47. The van der Waals surface area contributed by atoms with E-state index in [4.69, 9.17) is 0 Å². The van der Waals surface area contributed by atoms with Crippen LogP contribution in [0.1, 0.15) is 11.1 Å². The highest BCUT2D eigenvalue weighted by atomic mass is 14.9. The second-order valence-electron chi connectivity index (χ2n) is 3.94. The van der Waals surface area contributed by atoms with Crippen LogP contribution in [-0.2, 0) is 13.0 Å². The first-order chi connectivity index (χ1) is 7.95. The first-order valence-corrected chi connectivity index (χ1v) is 5.54. The number of nitrogens with zero attached hydrogens (tertiary/aromatic N) is 2. The van der Waals surface area contributed by atoms with E-state index in [9.17, 15) is 0 Å². The summed E-state index contributed by atoms with van der Waals surface area (Å²) in [5.41, 5.74) is 4.71. The summed E-state index contributed by atoms with van der Waals surface area (Å²) >= 11 is 0. The van der Waals surface area contributed by atoms with Crippen LogP contribution in [0, 0.1) is 0 Å². The Morgan fingerprint density at radius 3 is 2.94 bits per heavy atom. The Morgan fingerprint density at radius 2 is 2.06 bits per heavy atom. The molecule has 2 aromatic rings. The smallest absolute Gasteiger partial charge is 0.0921 e. The first kappa shape index (κ1) is 9.48. The quantitative estimate of drug-likeness (QED) is 0.781. The Morgan fingerprint density at radius 1 is 1.06 bits per heavy atom. The monoisotopic (exact) mass is 211 g/mol. The molecule has 0 bridgehead atoms. The van der Waals surface area contributed by atoms with Gasteiger partial charge in [-0.05, 0) is 42.3 Å². The molecule has 1 N–H and O–H groups in total. The number of hydrogen-bond donors (Lipinski definition) is 1. The summed E-state index contributed by atoms with van der Waals surface area (Å²) in [5, 5.41) is 3.37. The van der Waals surface area contributed by atoms with Gasteiger partial charge >= 0.3 is 0 Å². The highest BCUT2D eigenvalue weighted by Crippen LogP contribution is 2.24. The molecule has 3 rings (SSSR count). The predicted molar refractivity (Wildman–Crippen MR) is 62.9 cm³/mol. The maximum Gasteiger partial charge on any atom is 0.0921 e. The average Bonchev–Trinajstić information content (AvgIpc) is 2.39. The Balaban J connectivity index is 2.14. The zero-order chi connectivity index (χ0) is 10.8. The SMILES string of the molecule is c1ccc(-c2nccc3c2CCNC3)nc1. The normalized spacial score (nSPS) is 14.5. The van der Waals surface area contributed by atoms with Crippen molar-refractivity contribution in [3.8, 4) is 11.4 Å². The molecule has 3 heteroatoms. The van der Waals surface area contributed by atoms with Gasteiger partial charge in [0.15, 0.2) is 0 Å². The maximum absolute atomic E-state index is 4.47. The van der Waals surface area contributed by atoms with Gasteiger partial charge in [0.05, 0.1) is 11.4 Å². The highest BCUT2D eigenvalue weighted by molar-refractivity contribution is 5.60. The van der Waals surface area contributed by atoms with Crippen molar-refractivity contribution < 1.29 is 0 Å². The minimum atomic E-state index is 0.942.